The monoisotopic (exact) mass is 485 g/mol. The van der Waals surface area contributed by atoms with Gasteiger partial charge in [-0.1, -0.05) is 37.4 Å². The first-order valence-corrected chi connectivity index (χ1v) is 13.0. The van der Waals surface area contributed by atoms with Crippen molar-refractivity contribution in [3.8, 4) is 22.1 Å². The van der Waals surface area contributed by atoms with E-state index in [1.165, 1.54) is 37.4 Å². The van der Waals surface area contributed by atoms with Crippen LogP contribution in [0.3, 0.4) is 0 Å². The summed E-state index contributed by atoms with van der Waals surface area (Å²) < 4.78 is 11.7. The number of nitrogen functional groups attached to an aromatic ring is 2. The van der Waals surface area contributed by atoms with Gasteiger partial charge in [0.1, 0.15) is 16.6 Å². The van der Waals surface area contributed by atoms with E-state index in [1.807, 2.05) is 18.2 Å². The first-order chi connectivity index (χ1) is 15.9. The first kappa shape index (κ1) is 23.6. The van der Waals surface area contributed by atoms with Crippen molar-refractivity contribution in [2.75, 3.05) is 25.2 Å². The molecule has 1 unspecified atom stereocenters. The van der Waals surface area contributed by atoms with Gasteiger partial charge < -0.3 is 20.9 Å². The molecule has 1 atom stereocenters. The topological polar surface area (TPSA) is 109 Å². The van der Waals surface area contributed by atoms with Gasteiger partial charge in [-0.2, -0.15) is 0 Å². The van der Waals surface area contributed by atoms with Gasteiger partial charge in [-0.15, -0.1) is 11.3 Å². The molecule has 176 valence electrons. The van der Waals surface area contributed by atoms with Gasteiger partial charge in [0.05, 0.1) is 24.7 Å². The van der Waals surface area contributed by atoms with E-state index in [2.05, 4.69) is 23.8 Å². The lowest BCUT2D eigenvalue weighted by molar-refractivity contribution is 0.265. The zero-order valence-electron chi connectivity index (χ0n) is 19.3. The second-order valence-corrected chi connectivity index (χ2v) is 10.9. The Balaban J connectivity index is 1.49. The van der Waals surface area contributed by atoms with E-state index in [1.54, 1.807) is 24.5 Å². The SMILES string of the molecule is COc1ccc(-c2nc(C(C)Sc3nc(N)cc(N)n3)c(C)s2)cc1OCCC1CCCC1. The maximum absolute atomic E-state index is 6.15. The Labute approximate surface area is 203 Å². The number of benzene rings is 1. The third-order valence-corrected chi connectivity index (χ3v) is 7.92. The summed E-state index contributed by atoms with van der Waals surface area (Å²) in [6, 6.07) is 7.58. The minimum absolute atomic E-state index is 0.0524. The standard InChI is InChI=1S/C24H31N5O2S2/c1-14-22(15(2)33-24-27-20(25)13-21(26)28-24)29-23(32-14)17-8-9-18(30-3)19(12-17)31-11-10-16-6-4-5-7-16/h8-9,12-13,15-16H,4-7,10-11H2,1-3H3,(H4,25,26,27,28). The van der Waals surface area contributed by atoms with Crippen molar-refractivity contribution in [2.45, 2.75) is 56.4 Å². The molecule has 4 N–H and O–H groups in total. The Hall–Kier alpha value is -2.52. The smallest absolute Gasteiger partial charge is 0.192 e. The van der Waals surface area contributed by atoms with Crippen molar-refractivity contribution >= 4 is 34.7 Å². The van der Waals surface area contributed by atoms with Crippen LogP contribution in [0.4, 0.5) is 11.6 Å². The Morgan fingerprint density at radius 1 is 1.09 bits per heavy atom. The predicted molar refractivity (Wildman–Crippen MR) is 136 cm³/mol. The van der Waals surface area contributed by atoms with Crippen LogP contribution >= 0.6 is 23.1 Å². The van der Waals surface area contributed by atoms with Crippen LogP contribution < -0.4 is 20.9 Å². The molecule has 0 aliphatic heterocycles. The summed E-state index contributed by atoms with van der Waals surface area (Å²) in [5.41, 5.74) is 13.6. The van der Waals surface area contributed by atoms with Crippen LogP contribution in [-0.4, -0.2) is 28.7 Å². The number of hydrogen-bond donors (Lipinski definition) is 2. The fraction of sp³-hybridized carbons (Fsp3) is 0.458. The van der Waals surface area contributed by atoms with Crippen LogP contribution in [0.25, 0.3) is 10.6 Å². The van der Waals surface area contributed by atoms with Crippen molar-refractivity contribution in [1.82, 2.24) is 15.0 Å². The van der Waals surface area contributed by atoms with Crippen molar-refractivity contribution in [3.05, 3.63) is 34.8 Å². The van der Waals surface area contributed by atoms with Gasteiger partial charge in [-0.05, 0) is 44.4 Å². The molecule has 0 bridgehead atoms. The van der Waals surface area contributed by atoms with E-state index in [-0.39, 0.29) is 5.25 Å². The average Bonchev–Trinajstić information content (AvgIpc) is 3.42. The lowest BCUT2D eigenvalue weighted by atomic mass is 10.1. The highest BCUT2D eigenvalue weighted by Crippen LogP contribution is 2.40. The second-order valence-electron chi connectivity index (χ2n) is 8.37. The van der Waals surface area contributed by atoms with Crippen molar-refractivity contribution in [3.63, 3.8) is 0 Å². The average molecular weight is 486 g/mol. The van der Waals surface area contributed by atoms with Crippen LogP contribution in [0.5, 0.6) is 11.5 Å². The summed E-state index contributed by atoms with van der Waals surface area (Å²) in [5.74, 6) is 3.05. The molecule has 0 radical (unpaired) electrons. The molecule has 2 aromatic heterocycles. The van der Waals surface area contributed by atoms with Crippen LogP contribution in [0.1, 0.15) is 54.8 Å². The number of hydrogen-bond acceptors (Lipinski definition) is 9. The number of nitrogens with two attached hydrogens (primary N) is 2. The fourth-order valence-electron chi connectivity index (χ4n) is 4.19. The van der Waals surface area contributed by atoms with Gasteiger partial charge in [0.15, 0.2) is 16.7 Å². The molecule has 0 spiro atoms. The Kier molecular flexibility index (Phi) is 7.60. The minimum atomic E-state index is 0.0524. The fourth-order valence-corrected chi connectivity index (χ4v) is 6.25. The van der Waals surface area contributed by atoms with Gasteiger partial charge >= 0.3 is 0 Å². The molecule has 3 aromatic rings. The summed E-state index contributed by atoms with van der Waals surface area (Å²) in [4.78, 5) is 14.7. The lowest BCUT2D eigenvalue weighted by Gasteiger charge is -2.14. The predicted octanol–water partition coefficient (Wildman–Crippen LogP) is 5.89. The number of rotatable bonds is 9. The molecule has 7 nitrogen and oxygen atoms in total. The highest BCUT2D eigenvalue weighted by molar-refractivity contribution is 7.99. The molecule has 9 heteroatoms. The third kappa shape index (κ3) is 5.89. The number of aryl methyl sites for hydroxylation is 1. The summed E-state index contributed by atoms with van der Waals surface area (Å²) in [5, 5.41) is 1.55. The molecule has 33 heavy (non-hydrogen) atoms. The Morgan fingerprint density at radius 2 is 1.82 bits per heavy atom. The highest BCUT2D eigenvalue weighted by Gasteiger charge is 2.20. The number of nitrogens with zero attached hydrogens (tertiary/aromatic N) is 3. The molecule has 1 aliphatic carbocycles. The molecule has 1 saturated carbocycles. The van der Waals surface area contributed by atoms with E-state index in [0.29, 0.717) is 23.4 Å². The number of thiazole rings is 1. The molecule has 2 heterocycles. The van der Waals surface area contributed by atoms with Gasteiger partial charge in [0.2, 0.25) is 0 Å². The quantitative estimate of drug-likeness (QED) is 0.285. The number of anilines is 2. The zero-order valence-corrected chi connectivity index (χ0v) is 21.0. The molecule has 1 fully saturated rings. The molecular formula is C24H31N5O2S2. The molecule has 0 amide bonds. The Bertz CT molecular complexity index is 1080. The van der Waals surface area contributed by atoms with Crippen LogP contribution in [0.2, 0.25) is 0 Å². The minimum Gasteiger partial charge on any atom is -0.493 e. The third-order valence-electron chi connectivity index (χ3n) is 5.91. The second kappa shape index (κ2) is 10.6. The van der Waals surface area contributed by atoms with E-state index >= 15 is 0 Å². The molecule has 4 rings (SSSR count). The van der Waals surface area contributed by atoms with Gasteiger partial charge in [-0.3, -0.25) is 0 Å². The van der Waals surface area contributed by atoms with Crippen LogP contribution in [-0.2, 0) is 0 Å². The summed E-state index contributed by atoms with van der Waals surface area (Å²) >= 11 is 3.17. The maximum atomic E-state index is 6.15. The van der Waals surface area contributed by atoms with Gasteiger partial charge in [0.25, 0.3) is 0 Å². The molecule has 0 saturated heterocycles. The highest BCUT2D eigenvalue weighted by atomic mass is 32.2. The van der Waals surface area contributed by atoms with Gasteiger partial charge in [-0.25, -0.2) is 15.0 Å². The molecule has 1 aromatic carbocycles. The maximum Gasteiger partial charge on any atom is 0.192 e. The number of thioether (sulfide) groups is 1. The number of aromatic nitrogens is 3. The Morgan fingerprint density at radius 3 is 2.52 bits per heavy atom. The van der Waals surface area contributed by atoms with E-state index in [4.69, 9.17) is 25.9 Å². The van der Waals surface area contributed by atoms with Crippen molar-refractivity contribution in [2.24, 2.45) is 5.92 Å². The van der Waals surface area contributed by atoms with Crippen molar-refractivity contribution < 1.29 is 9.47 Å². The summed E-state index contributed by atoms with van der Waals surface area (Å²) in [7, 11) is 1.68. The van der Waals surface area contributed by atoms with Crippen LogP contribution in [0.15, 0.2) is 29.4 Å². The molecular weight excluding hydrogens is 454 g/mol. The van der Waals surface area contributed by atoms with E-state index in [9.17, 15) is 0 Å². The number of ether oxygens (including phenoxy) is 2. The summed E-state index contributed by atoms with van der Waals surface area (Å²) in [6.07, 6.45) is 6.45. The van der Waals surface area contributed by atoms with E-state index in [0.717, 1.165) is 45.0 Å². The molecule has 1 aliphatic rings. The normalized spacial score (nSPS) is 15.0. The van der Waals surface area contributed by atoms with Gasteiger partial charge in [0, 0.05) is 16.5 Å². The van der Waals surface area contributed by atoms with E-state index < -0.39 is 0 Å². The largest absolute Gasteiger partial charge is 0.493 e. The summed E-state index contributed by atoms with van der Waals surface area (Å²) in [6.45, 7) is 4.89. The van der Waals surface area contributed by atoms with Crippen molar-refractivity contribution in [1.29, 1.82) is 0 Å². The number of methoxy groups -OCH3 is 1. The van der Waals surface area contributed by atoms with Crippen LogP contribution in [0, 0.1) is 12.8 Å². The lowest BCUT2D eigenvalue weighted by Crippen LogP contribution is -2.04. The zero-order chi connectivity index (χ0) is 23.4. The first-order valence-electron chi connectivity index (χ1n) is 11.3.